The van der Waals surface area contributed by atoms with Gasteiger partial charge < -0.3 is 0 Å². The molecule has 2 aromatic rings. The second-order valence-corrected chi connectivity index (χ2v) is 4.16. The minimum absolute atomic E-state index is 0.0612. The molecule has 0 saturated carbocycles. The molecule has 0 nitrogen and oxygen atoms in total. The molecule has 20 heavy (non-hydrogen) atoms. The zero-order valence-corrected chi connectivity index (χ0v) is 10.3. The van der Waals surface area contributed by atoms with Crippen molar-refractivity contribution in [2.75, 3.05) is 0 Å². The van der Waals surface area contributed by atoms with Crippen LogP contribution in [0.4, 0.5) is 26.3 Å². The van der Waals surface area contributed by atoms with Crippen LogP contribution in [0.1, 0.15) is 5.56 Å². The zero-order valence-electron chi connectivity index (χ0n) is 9.58. The smallest absolute Gasteiger partial charge is 0.200 e. The van der Waals surface area contributed by atoms with E-state index < -0.39 is 46.0 Å². The van der Waals surface area contributed by atoms with E-state index in [0.29, 0.717) is 5.56 Å². The van der Waals surface area contributed by atoms with Crippen molar-refractivity contribution in [1.29, 1.82) is 0 Å². The maximum atomic E-state index is 13.7. The van der Waals surface area contributed by atoms with E-state index >= 15 is 0 Å². The molecular formula is C13H5ClF6. The summed E-state index contributed by atoms with van der Waals surface area (Å²) in [6, 6.07) is 3.00. The van der Waals surface area contributed by atoms with Crippen molar-refractivity contribution < 1.29 is 26.3 Å². The van der Waals surface area contributed by atoms with E-state index in [1.165, 1.54) is 6.07 Å². The molecule has 0 heterocycles. The fraction of sp³-hybridized carbons (Fsp3) is 0.0769. The normalized spacial score (nSPS) is 10.9. The van der Waals surface area contributed by atoms with Gasteiger partial charge in [-0.1, -0.05) is 12.1 Å². The van der Waals surface area contributed by atoms with Gasteiger partial charge in [0.2, 0.25) is 5.82 Å². The van der Waals surface area contributed by atoms with Gasteiger partial charge in [0.25, 0.3) is 0 Å². The number of benzene rings is 2. The average molecular weight is 311 g/mol. The standard InChI is InChI=1S/C13H5ClF6/c14-4-5-1-2-6(7(15)3-5)8-9(16)11(18)13(20)12(19)10(8)17/h1-3H,4H2. The second kappa shape index (κ2) is 5.36. The van der Waals surface area contributed by atoms with Gasteiger partial charge in [-0.3, -0.25) is 0 Å². The molecule has 7 heteroatoms. The van der Waals surface area contributed by atoms with E-state index in [9.17, 15) is 26.3 Å². The molecule has 2 rings (SSSR count). The number of hydrogen-bond donors (Lipinski definition) is 0. The summed E-state index contributed by atoms with van der Waals surface area (Å²) >= 11 is 5.45. The Labute approximate surface area is 114 Å². The van der Waals surface area contributed by atoms with Gasteiger partial charge in [-0.2, -0.15) is 0 Å². The van der Waals surface area contributed by atoms with Gasteiger partial charge in [0.1, 0.15) is 5.82 Å². The molecule has 0 aromatic heterocycles. The van der Waals surface area contributed by atoms with E-state index in [1.54, 1.807) is 0 Å². The number of hydrogen-bond acceptors (Lipinski definition) is 0. The van der Waals surface area contributed by atoms with Gasteiger partial charge in [0, 0.05) is 11.4 Å². The Balaban J connectivity index is 2.76. The predicted octanol–water partition coefficient (Wildman–Crippen LogP) is 4.93. The summed E-state index contributed by atoms with van der Waals surface area (Å²) in [5.74, 6) is -11.9. The fourth-order valence-electron chi connectivity index (χ4n) is 1.69. The fourth-order valence-corrected chi connectivity index (χ4v) is 1.85. The van der Waals surface area contributed by atoms with Crippen molar-refractivity contribution in [2.24, 2.45) is 0 Å². The van der Waals surface area contributed by atoms with E-state index in [4.69, 9.17) is 11.6 Å². The molecule has 0 atom stereocenters. The molecule has 0 bridgehead atoms. The third-order valence-electron chi connectivity index (χ3n) is 2.67. The lowest BCUT2D eigenvalue weighted by Gasteiger charge is -2.10. The number of rotatable bonds is 2. The molecule has 0 aliphatic rings. The molecule has 0 radical (unpaired) electrons. The van der Waals surface area contributed by atoms with Crippen LogP contribution in [0.5, 0.6) is 0 Å². The van der Waals surface area contributed by atoms with Crippen LogP contribution in [0, 0.1) is 34.9 Å². The first-order valence-corrected chi connectivity index (χ1v) is 5.78. The van der Waals surface area contributed by atoms with Crippen molar-refractivity contribution in [3.63, 3.8) is 0 Å². The van der Waals surface area contributed by atoms with Gasteiger partial charge in [0.05, 0.1) is 5.56 Å². The SMILES string of the molecule is Fc1cc(CCl)ccc1-c1c(F)c(F)c(F)c(F)c1F. The maximum Gasteiger partial charge on any atom is 0.200 e. The molecule has 0 spiro atoms. The highest BCUT2D eigenvalue weighted by Crippen LogP contribution is 2.33. The van der Waals surface area contributed by atoms with Gasteiger partial charge in [-0.25, -0.2) is 26.3 Å². The molecular weight excluding hydrogens is 306 g/mol. The minimum atomic E-state index is -2.29. The Morgan fingerprint density at radius 1 is 0.750 bits per heavy atom. The number of halogens is 7. The summed E-state index contributed by atoms with van der Waals surface area (Å²) < 4.78 is 79.8. The molecule has 0 aliphatic carbocycles. The molecule has 0 fully saturated rings. The second-order valence-electron chi connectivity index (χ2n) is 3.89. The minimum Gasteiger partial charge on any atom is -0.206 e. The number of alkyl halides is 1. The van der Waals surface area contributed by atoms with Crippen LogP contribution >= 0.6 is 11.6 Å². The lowest BCUT2D eigenvalue weighted by atomic mass is 10.0. The van der Waals surface area contributed by atoms with Crippen LogP contribution in [0.2, 0.25) is 0 Å². The highest BCUT2D eigenvalue weighted by Gasteiger charge is 2.27. The zero-order chi connectivity index (χ0) is 15.0. The van der Waals surface area contributed by atoms with Crippen LogP contribution in [0.3, 0.4) is 0 Å². The first kappa shape index (κ1) is 14.7. The van der Waals surface area contributed by atoms with Gasteiger partial charge in [0.15, 0.2) is 23.3 Å². The Morgan fingerprint density at radius 3 is 1.70 bits per heavy atom. The Morgan fingerprint density at radius 2 is 1.25 bits per heavy atom. The summed E-state index contributed by atoms with van der Waals surface area (Å²) in [5, 5.41) is 0. The Bertz CT molecular complexity index is 654. The van der Waals surface area contributed by atoms with Crippen molar-refractivity contribution in [1.82, 2.24) is 0 Å². The summed E-state index contributed by atoms with van der Waals surface area (Å²) in [6.45, 7) is 0. The highest BCUT2D eigenvalue weighted by atomic mass is 35.5. The third-order valence-corrected chi connectivity index (χ3v) is 2.98. The van der Waals surface area contributed by atoms with Crippen molar-refractivity contribution >= 4 is 11.6 Å². The molecule has 2 aromatic carbocycles. The molecule has 0 amide bonds. The van der Waals surface area contributed by atoms with Crippen LogP contribution in [-0.4, -0.2) is 0 Å². The maximum absolute atomic E-state index is 13.7. The molecule has 0 N–H and O–H groups in total. The molecule has 106 valence electrons. The topological polar surface area (TPSA) is 0 Å². The first-order valence-electron chi connectivity index (χ1n) is 5.24. The van der Waals surface area contributed by atoms with Gasteiger partial charge in [-0.15, -0.1) is 11.6 Å². The van der Waals surface area contributed by atoms with E-state index in [0.717, 1.165) is 12.1 Å². The molecule has 0 aliphatic heterocycles. The predicted molar refractivity (Wildman–Crippen MR) is 61.2 cm³/mol. The van der Waals surface area contributed by atoms with Gasteiger partial charge >= 0.3 is 0 Å². The van der Waals surface area contributed by atoms with Crippen LogP contribution in [0.15, 0.2) is 18.2 Å². The summed E-state index contributed by atoms with van der Waals surface area (Å²) in [5.41, 5.74) is -1.73. The van der Waals surface area contributed by atoms with E-state index in [-0.39, 0.29) is 5.88 Å². The monoisotopic (exact) mass is 310 g/mol. The van der Waals surface area contributed by atoms with Crippen molar-refractivity contribution in [3.05, 3.63) is 58.7 Å². The van der Waals surface area contributed by atoms with Gasteiger partial charge in [-0.05, 0) is 11.6 Å². The van der Waals surface area contributed by atoms with Crippen molar-refractivity contribution in [3.8, 4) is 11.1 Å². The lowest BCUT2D eigenvalue weighted by Crippen LogP contribution is -2.05. The average Bonchev–Trinajstić information content (AvgIpc) is 2.44. The van der Waals surface area contributed by atoms with Crippen LogP contribution in [-0.2, 0) is 5.88 Å². The van der Waals surface area contributed by atoms with E-state index in [1.807, 2.05) is 0 Å². The largest absolute Gasteiger partial charge is 0.206 e. The van der Waals surface area contributed by atoms with Crippen LogP contribution in [0.25, 0.3) is 11.1 Å². The van der Waals surface area contributed by atoms with Crippen LogP contribution < -0.4 is 0 Å². The quantitative estimate of drug-likeness (QED) is 0.319. The Kier molecular flexibility index (Phi) is 3.94. The lowest BCUT2D eigenvalue weighted by molar-refractivity contribution is 0.381. The molecule has 0 saturated heterocycles. The Hall–Kier alpha value is -1.69. The summed E-state index contributed by atoms with van der Waals surface area (Å²) in [7, 11) is 0. The van der Waals surface area contributed by atoms with E-state index in [2.05, 4.69) is 0 Å². The van der Waals surface area contributed by atoms with Crippen molar-refractivity contribution in [2.45, 2.75) is 5.88 Å². The highest BCUT2D eigenvalue weighted by molar-refractivity contribution is 6.17. The summed E-state index contributed by atoms with van der Waals surface area (Å²) in [6.07, 6.45) is 0. The molecule has 0 unspecified atom stereocenters. The first-order chi connectivity index (χ1) is 9.38. The third kappa shape index (κ3) is 2.24. The summed E-state index contributed by atoms with van der Waals surface area (Å²) in [4.78, 5) is 0.